The first-order valence-electron chi connectivity index (χ1n) is 8.80. The first kappa shape index (κ1) is 18.8. The van der Waals surface area contributed by atoms with Crippen molar-refractivity contribution < 1.29 is 4.79 Å². The molecule has 0 spiro atoms. The second-order valence-corrected chi connectivity index (χ2v) is 7.06. The van der Waals surface area contributed by atoms with E-state index in [1.807, 2.05) is 19.9 Å². The predicted molar refractivity (Wildman–Crippen MR) is 106 cm³/mol. The summed E-state index contributed by atoms with van der Waals surface area (Å²) in [4.78, 5) is 11.7. The summed E-state index contributed by atoms with van der Waals surface area (Å²) in [6.07, 6.45) is 5.98. The molecule has 0 saturated carbocycles. The molecule has 0 aliphatic carbocycles. The lowest BCUT2D eigenvalue weighted by atomic mass is 9.93. The van der Waals surface area contributed by atoms with Crippen LogP contribution in [0.4, 0.5) is 0 Å². The number of fused-ring (bicyclic) bond motifs is 1. The molecule has 0 heterocycles. The van der Waals surface area contributed by atoms with Crippen LogP contribution in [0.15, 0.2) is 54.6 Å². The highest BCUT2D eigenvalue weighted by Crippen LogP contribution is 2.22. The second kappa shape index (κ2) is 8.53. The third-order valence-electron chi connectivity index (χ3n) is 4.37. The van der Waals surface area contributed by atoms with Crippen LogP contribution in [0.5, 0.6) is 0 Å². The molecule has 2 heteroatoms. The summed E-state index contributed by atoms with van der Waals surface area (Å²) in [6.45, 7) is 5.92. The Balaban J connectivity index is 1.95. The molecule has 1 amide bonds. The Morgan fingerprint density at radius 2 is 1.92 bits per heavy atom. The molecule has 2 nitrogen and oxygen atoms in total. The standard InChI is InChI=1S/C23H27NO/c1-18(11-6-5-9-16-23(2,3)22(25)24-4)17-20-14-10-13-19-12-7-8-15-21(19)20/h5-8,10,12-15,18H,11,17H2,1-4H3,(H,24,25)/b6-5+. The van der Waals surface area contributed by atoms with E-state index in [0.29, 0.717) is 5.92 Å². The molecule has 0 aliphatic heterocycles. The highest BCUT2D eigenvalue weighted by molar-refractivity contribution is 5.85. The average Bonchev–Trinajstić information content (AvgIpc) is 2.61. The summed E-state index contributed by atoms with van der Waals surface area (Å²) in [6, 6.07) is 15.0. The Bertz CT molecular complexity index is 815. The summed E-state index contributed by atoms with van der Waals surface area (Å²) >= 11 is 0. The van der Waals surface area contributed by atoms with Crippen molar-refractivity contribution in [1.82, 2.24) is 5.32 Å². The summed E-state index contributed by atoms with van der Waals surface area (Å²) < 4.78 is 0. The van der Waals surface area contributed by atoms with Gasteiger partial charge in [-0.05, 0) is 55.0 Å². The highest BCUT2D eigenvalue weighted by Gasteiger charge is 2.23. The molecule has 1 N–H and O–H groups in total. The van der Waals surface area contributed by atoms with Crippen LogP contribution in [0.3, 0.4) is 0 Å². The highest BCUT2D eigenvalue weighted by atomic mass is 16.2. The van der Waals surface area contributed by atoms with Crippen molar-refractivity contribution in [2.75, 3.05) is 7.05 Å². The van der Waals surface area contributed by atoms with Gasteiger partial charge < -0.3 is 5.32 Å². The van der Waals surface area contributed by atoms with Gasteiger partial charge in [0, 0.05) is 7.05 Å². The topological polar surface area (TPSA) is 29.1 Å². The van der Waals surface area contributed by atoms with Crippen LogP contribution in [0, 0.1) is 23.2 Å². The van der Waals surface area contributed by atoms with Crippen LogP contribution < -0.4 is 5.32 Å². The van der Waals surface area contributed by atoms with Gasteiger partial charge >= 0.3 is 0 Å². The van der Waals surface area contributed by atoms with Gasteiger partial charge in [0.15, 0.2) is 0 Å². The van der Waals surface area contributed by atoms with Gasteiger partial charge in [-0.15, -0.1) is 0 Å². The molecular formula is C23H27NO. The number of nitrogens with one attached hydrogen (secondary N) is 1. The molecule has 1 unspecified atom stereocenters. The molecule has 2 rings (SSSR count). The van der Waals surface area contributed by atoms with Gasteiger partial charge in [-0.25, -0.2) is 0 Å². The smallest absolute Gasteiger partial charge is 0.237 e. The Kier molecular flexibility index (Phi) is 6.42. The molecule has 0 fully saturated rings. The van der Waals surface area contributed by atoms with E-state index >= 15 is 0 Å². The quantitative estimate of drug-likeness (QED) is 0.787. The van der Waals surface area contributed by atoms with E-state index in [2.05, 4.69) is 72.6 Å². The summed E-state index contributed by atoms with van der Waals surface area (Å²) in [7, 11) is 1.64. The van der Waals surface area contributed by atoms with Gasteiger partial charge in [0.05, 0.1) is 0 Å². The normalized spacial score (nSPS) is 12.6. The van der Waals surface area contributed by atoms with Crippen LogP contribution in [-0.2, 0) is 11.2 Å². The summed E-state index contributed by atoms with van der Waals surface area (Å²) in [5.74, 6) is 6.49. The second-order valence-electron chi connectivity index (χ2n) is 7.06. The largest absolute Gasteiger partial charge is 0.358 e. The lowest BCUT2D eigenvalue weighted by Gasteiger charge is -2.14. The molecule has 2 aromatic carbocycles. The van der Waals surface area contributed by atoms with Crippen LogP contribution in [0.25, 0.3) is 10.8 Å². The number of hydrogen-bond donors (Lipinski definition) is 1. The maximum absolute atomic E-state index is 11.7. The van der Waals surface area contributed by atoms with Crippen molar-refractivity contribution in [3.8, 4) is 11.8 Å². The number of benzene rings is 2. The molecule has 2 aromatic rings. The third kappa shape index (κ3) is 5.22. The first-order valence-corrected chi connectivity index (χ1v) is 8.80. The Morgan fingerprint density at radius 1 is 1.20 bits per heavy atom. The Labute approximate surface area is 151 Å². The van der Waals surface area contributed by atoms with E-state index in [1.165, 1.54) is 16.3 Å². The van der Waals surface area contributed by atoms with Gasteiger partial charge in [-0.3, -0.25) is 4.79 Å². The molecule has 0 aromatic heterocycles. The Morgan fingerprint density at radius 3 is 2.68 bits per heavy atom. The van der Waals surface area contributed by atoms with Crippen LogP contribution in [-0.4, -0.2) is 13.0 Å². The zero-order valence-electron chi connectivity index (χ0n) is 15.6. The number of carbonyl (C=O) groups excluding carboxylic acids is 1. The van der Waals surface area contributed by atoms with Crippen molar-refractivity contribution >= 4 is 16.7 Å². The maximum atomic E-state index is 11.7. The zero-order valence-corrected chi connectivity index (χ0v) is 15.6. The molecule has 130 valence electrons. The fraction of sp³-hybridized carbons (Fsp3) is 0.348. The molecule has 0 radical (unpaired) electrons. The molecule has 0 aliphatic rings. The van der Waals surface area contributed by atoms with E-state index < -0.39 is 5.41 Å². The van der Waals surface area contributed by atoms with Crippen LogP contribution >= 0.6 is 0 Å². The van der Waals surface area contributed by atoms with Gasteiger partial charge in [0.25, 0.3) is 0 Å². The minimum Gasteiger partial charge on any atom is -0.358 e. The maximum Gasteiger partial charge on any atom is 0.237 e. The fourth-order valence-corrected chi connectivity index (χ4v) is 2.88. The molecule has 0 saturated heterocycles. The van der Waals surface area contributed by atoms with Gasteiger partial charge in [-0.2, -0.15) is 0 Å². The monoisotopic (exact) mass is 333 g/mol. The lowest BCUT2D eigenvalue weighted by Crippen LogP contribution is -2.33. The third-order valence-corrected chi connectivity index (χ3v) is 4.37. The summed E-state index contributed by atoms with van der Waals surface area (Å²) in [5.41, 5.74) is 0.735. The van der Waals surface area contributed by atoms with Gasteiger partial charge in [-0.1, -0.05) is 67.3 Å². The number of rotatable bonds is 5. The zero-order chi connectivity index (χ0) is 18.3. The van der Waals surface area contributed by atoms with Crippen LogP contribution in [0.2, 0.25) is 0 Å². The predicted octanol–water partition coefficient (Wildman–Crippen LogP) is 4.74. The molecule has 0 bridgehead atoms. The molecule has 1 atom stereocenters. The SMILES string of the molecule is CNC(=O)C(C)(C)C#C/C=C/CC(C)Cc1cccc2ccccc12. The van der Waals surface area contributed by atoms with E-state index in [1.54, 1.807) is 7.05 Å². The average molecular weight is 333 g/mol. The van der Waals surface area contributed by atoms with E-state index in [4.69, 9.17) is 0 Å². The van der Waals surface area contributed by atoms with Gasteiger partial charge in [0.1, 0.15) is 5.41 Å². The first-order chi connectivity index (χ1) is 11.9. The van der Waals surface area contributed by atoms with E-state index in [0.717, 1.165) is 12.8 Å². The number of amides is 1. The van der Waals surface area contributed by atoms with Crippen molar-refractivity contribution in [2.24, 2.45) is 11.3 Å². The fourth-order valence-electron chi connectivity index (χ4n) is 2.88. The van der Waals surface area contributed by atoms with Crippen molar-refractivity contribution in [3.63, 3.8) is 0 Å². The van der Waals surface area contributed by atoms with Crippen LogP contribution in [0.1, 0.15) is 32.8 Å². The molecular weight excluding hydrogens is 306 g/mol. The Hall–Kier alpha value is -2.53. The van der Waals surface area contributed by atoms with Gasteiger partial charge in [0.2, 0.25) is 5.91 Å². The lowest BCUT2D eigenvalue weighted by molar-refractivity contribution is -0.126. The number of carbonyl (C=O) groups is 1. The van der Waals surface area contributed by atoms with E-state index in [9.17, 15) is 4.79 Å². The minimum atomic E-state index is -0.659. The summed E-state index contributed by atoms with van der Waals surface area (Å²) in [5, 5.41) is 5.28. The van der Waals surface area contributed by atoms with Crippen molar-refractivity contribution in [1.29, 1.82) is 0 Å². The van der Waals surface area contributed by atoms with Crippen molar-refractivity contribution in [2.45, 2.75) is 33.6 Å². The minimum absolute atomic E-state index is 0.0577. The number of hydrogen-bond acceptors (Lipinski definition) is 1. The number of allylic oxidation sites excluding steroid dienone is 2. The van der Waals surface area contributed by atoms with E-state index in [-0.39, 0.29) is 5.91 Å². The van der Waals surface area contributed by atoms with Crippen molar-refractivity contribution in [3.05, 3.63) is 60.2 Å². The molecule has 25 heavy (non-hydrogen) atoms.